The number of hydrogen-bond donors (Lipinski definition) is 2. The molecule has 0 saturated carbocycles. The maximum Gasteiger partial charge on any atom is 0.319 e. The van der Waals surface area contributed by atoms with Crippen LogP contribution >= 0.6 is 0 Å². The maximum absolute atomic E-state index is 13.5. The number of nitrogens with one attached hydrogen (secondary N) is 2. The Balaban J connectivity index is 1.55. The van der Waals surface area contributed by atoms with E-state index in [2.05, 4.69) is 16.7 Å². The van der Waals surface area contributed by atoms with Gasteiger partial charge in [-0.25, -0.2) is 4.79 Å². The Morgan fingerprint density at radius 1 is 0.968 bits per heavy atom. The highest BCUT2D eigenvalue weighted by Gasteiger charge is 2.31. The third-order valence-corrected chi connectivity index (χ3v) is 5.68. The molecule has 3 aromatic rings. The fraction of sp³-hybridized carbons (Fsp3) is 0.231. The molecule has 1 heterocycles. The number of hydrogen-bond acceptors (Lipinski definition) is 2. The number of aryl methyl sites for hydroxylation is 2. The molecule has 0 unspecified atom stereocenters. The Bertz CT molecular complexity index is 1090. The van der Waals surface area contributed by atoms with Gasteiger partial charge in [-0.15, -0.1) is 0 Å². The Kier molecular flexibility index (Phi) is 6.03. The van der Waals surface area contributed by atoms with Gasteiger partial charge in [-0.3, -0.25) is 4.79 Å². The summed E-state index contributed by atoms with van der Waals surface area (Å²) in [4.78, 5) is 28.1. The van der Waals surface area contributed by atoms with E-state index in [1.165, 1.54) is 0 Å². The lowest BCUT2D eigenvalue weighted by atomic mass is 10.0. The van der Waals surface area contributed by atoms with E-state index < -0.39 is 6.04 Å². The third-order valence-electron chi connectivity index (χ3n) is 5.68. The lowest BCUT2D eigenvalue weighted by Crippen LogP contribution is -2.50. The van der Waals surface area contributed by atoms with E-state index in [1.807, 2.05) is 80.6 Å². The van der Waals surface area contributed by atoms with Crippen molar-refractivity contribution in [3.05, 3.63) is 95.1 Å². The highest BCUT2D eigenvalue weighted by Crippen LogP contribution is 2.28. The average Bonchev–Trinajstić information content (AvgIpc) is 3.20. The van der Waals surface area contributed by atoms with Crippen LogP contribution in [-0.4, -0.2) is 24.5 Å². The lowest BCUT2D eigenvalue weighted by Gasteiger charge is -2.25. The second kappa shape index (κ2) is 9.04. The van der Waals surface area contributed by atoms with E-state index in [9.17, 15) is 9.59 Å². The maximum atomic E-state index is 13.5. The van der Waals surface area contributed by atoms with Crippen LogP contribution in [0.1, 0.15) is 22.3 Å². The van der Waals surface area contributed by atoms with Crippen LogP contribution in [0.15, 0.2) is 72.8 Å². The van der Waals surface area contributed by atoms with Gasteiger partial charge < -0.3 is 15.5 Å². The molecule has 3 aromatic carbocycles. The largest absolute Gasteiger partial charge is 0.326 e. The van der Waals surface area contributed by atoms with Gasteiger partial charge in [-0.05, 0) is 54.7 Å². The molecule has 5 heteroatoms. The van der Waals surface area contributed by atoms with Crippen LogP contribution in [0, 0.1) is 13.8 Å². The summed E-state index contributed by atoms with van der Waals surface area (Å²) < 4.78 is 0. The zero-order valence-corrected chi connectivity index (χ0v) is 17.9. The molecule has 0 saturated heterocycles. The van der Waals surface area contributed by atoms with Crippen molar-refractivity contribution in [1.82, 2.24) is 5.32 Å². The molecule has 0 fully saturated rings. The van der Waals surface area contributed by atoms with Crippen molar-refractivity contribution in [2.75, 3.05) is 16.8 Å². The molecule has 4 rings (SSSR count). The molecular weight excluding hydrogens is 386 g/mol. The average molecular weight is 414 g/mol. The van der Waals surface area contributed by atoms with E-state index >= 15 is 0 Å². The molecule has 0 spiro atoms. The molecular formula is C26H27N3O2. The number of nitrogens with zero attached hydrogens (tertiary/aromatic N) is 1. The predicted molar refractivity (Wildman–Crippen MR) is 125 cm³/mol. The second-order valence-corrected chi connectivity index (χ2v) is 8.03. The summed E-state index contributed by atoms with van der Waals surface area (Å²) in [6.07, 6.45) is 1.26. The zero-order chi connectivity index (χ0) is 21.8. The first-order valence-electron chi connectivity index (χ1n) is 10.6. The van der Waals surface area contributed by atoms with Crippen molar-refractivity contribution < 1.29 is 9.59 Å². The third kappa shape index (κ3) is 4.77. The molecule has 5 nitrogen and oxygen atoms in total. The molecule has 3 amide bonds. The molecule has 1 aliphatic heterocycles. The number of benzene rings is 3. The van der Waals surface area contributed by atoms with E-state index in [1.54, 1.807) is 4.90 Å². The van der Waals surface area contributed by atoms with Gasteiger partial charge in [0.2, 0.25) is 5.91 Å². The van der Waals surface area contributed by atoms with E-state index in [4.69, 9.17) is 0 Å². The molecule has 0 radical (unpaired) electrons. The molecule has 0 bridgehead atoms. The number of carbonyl (C=O) groups excluding carboxylic acids is 2. The fourth-order valence-electron chi connectivity index (χ4n) is 3.99. The highest BCUT2D eigenvalue weighted by molar-refractivity contribution is 6.02. The van der Waals surface area contributed by atoms with Crippen LogP contribution in [0.2, 0.25) is 0 Å². The van der Waals surface area contributed by atoms with Crippen LogP contribution in [0.5, 0.6) is 0 Å². The molecule has 1 atom stereocenters. The summed E-state index contributed by atoms with van der Waals surface area (Å²) in [6, 6.07) is 22.6. The fourth-order valence-corrected chi connectivity index (χ4v) is 3.99. The van der Waals surface area contributed by atoms with Gasteiger partial charge in [0, 0.05) is 24.3 Å². The van der Waals surface area contributed by atoms with E-state index in [0.717, 1.165) is 40.0 Å². The first-order chi connectivity index (χ1) is 15.0. The Hall–Kier alpha value is -3.60. The minimum atomic E-state index is -0.668. The summed E-state index contributed by atoms with van der Waals surface area (Å²) in [7, 11) is 0. The van der Waals surface area contributed by atoms with Gasteiger partial charge in [0.15, 0.2) is 0 Å². The molecule has 0 aromatic heterocycles. The van der Waals surface area contributed by atoms with Crippen molar-refractivity contribution in [2.45, 2.75) is 32.7 Å². The van der Waals surface area contributed by atoms with Crippen molar-refractivity contribution in [3.63, 3.8) is 0 Å². The molecule has 2 N–H and O–H groups in total. The number of rotatable bonds is 5. The van der Waals surface area contributed by atoms with Crippen molar-refractivity contribution >= 4 is 23.3 Å². The van der Waals surface area contributed by atoms with Gasteiger partial charge in [0.05, 0.1) is 0 Å². The van der Waals surface area contributed by atoms with E-state index in [-0.39, 0.29) is 11.9 Å². The van der Waals surface area contributed by atoms with Gasteiger partial charge in [-0.1, -0.05) is 60.7 Å². The minimum absolute atomic E-state index is 0.0927. The van der Waals surface area contributed by atoms with Gasteiger partial charge in [-0.2, -0.15) is 0 Å². The van der Waals surface area contributed by atoms with Gasteiger partial charge in [0.25, 0.3) is 0 Å². The summed E-state index contributed by atoms with van der Waals surface area (Å²) >= 11 is 0. The van der Waals surface area contributed by atoms with Crippen molar-refractivity contribution in [3.8, 4) is 0 Å². The SMILES string of the molecule is Cc1ccc(C)c(NC(=O)N[C@@H](Cc2ccccc2)C(=O)N2CCc3ccccc32)c1. The van der Waals surface area contributed by atoms with Gasteiger partial charge in [0.1, 0.15) is 6.04 Å². The lowest BCUT2D eigenvalue weighted by molar-refractivity contribution is -0.120. The summed E-state index contributed by atoms with van der Waals surface area (Å²) in [5, 5.41) is 5.84. The number of para-hydroxylation sites is 1. The molecule has 158 valence electrons. The summed E-state index contributed by atoms with van der Waals surface area (Å²) in [5.74, 6) is -0.0927. The van der Waals surface area contributed by atoms with Crippen molar-refractivity contribution in [1.29, 1.82) is 0 Å². The number of anilines is 2. The van der Waals surface area contributed by atoms with Crippen LogP contribution in [0.4, 0.5) is 16.2 Å². The number of amides is 3. The Morgan fingerprint density at radius 3 is 2.52 bits per heavy atom. The highest BCUT2D eigenvalue weighted by atomic mass is 16.2. The minimum Gasteiger partial charge on any atom is -0.326 e. The molecule has 31 heavy (non-hydrogen) atoms. The zero-order valence-electron chi connectivity index (χ0n) is 17.9. The second-order valence-electron chi connectivity index (χ2n) is 8.03. The molecule has 0 aliphatic carbocycles. The smallest absolute Gasteiger partial charge is 0.319 e. The monoisotopic (exact) mass is 413 g/mol. The standard InChI is InChI=1S/C26H27N3O2/c1-18-12-13-19(2)22(16-18)27-26(31)28-23(17-20-8-4-3-5-9-20)25(30)29-15-14-21-10-6-7-11-24(21)29/h3-13,16,23H,14-15,17H2,1-2H3,(H2,27,28,31)/t23-/m0/s1. The van der Waals surface area contributed by atoms with E-state index in [0.29, 0.717) is 13.0 Å². The number of carbonyl (C=O) groups is 2. The number of urea groups is 1. The van der Waals surface area contributed by atoms with Crippen LogP contribution in [0.25, 0.3) is 0 Å². The van der Waals surface area contributed by atoms with Crippen molar-refractivity contribution in [2.24, 2.45) is 0 Å². The summed E-state index contributed by atoms with van der Waals surface area (Å²) in [5.41, 5.74) is 5.87. The van der Waals surface area contributed by atoms with Crippen LogP contribution < -0.4 is 15.5 Å². The van der Waals surface area contributed by atoms with Gasteiger partial charge >= 0.3 is 6.03 Å². The first kappa shape index (κ1) is 20.7. The Morgan fingerprint density at radius 2 is 1.71 bits per heavy atom. The topological polar surface area (TPSA) is 61.4 Å². The quantitative estimate of drug-likeness (QED) is 0.641. The molecule has 1 aliphatic rings. The first-order valence-corrected chi connectivity index (χ1v) is 10.6. The normalized spacial score (nSPS) is 13.4. The number of fused-ring (bicyclic) bond motifs is 1. The van der Waals surface area contributed by atoms with Crippen LogP contribution in [-0.2, 0) is 17.6 Å². The Labute approximate surface area is 183 Å². The van der Waals surface area contributed by atoms with Crippen LogP contribution in [0.3, 0.4) is 0 Å². The summed E-state index contributed by atoms with van der Waals surface area (Å²) in [6.45, 7) is 4.56. The predicted octanol–water partition coefficient (Wildman–Crippen LogP) is 4.63.